The molecule has 0 aliphatic heterocycles. The van der Waals surface area contributed by atoms with Gasteiger partial charge >= 0.3 is 0 Å². The van der Waals surface area contributed by atoms with Gasteiger partial charge in [-0.25, -0.2) is 5.43 Å². The van der Waals surface area contributed by atoms with Crippen molar-refractivity contribution in [1.82, 2.24) is 5.43 Å². The molecule has 2 rings (SSSR count). The topological polar surface area (TPSA) is 62.7 Å². The number of nitrogens with one attached hydrogen (secondary N) is 2. The minimum Gasteiger partial charge on any atom is -0.497 e. The molecule has 2 aromatic rings. The van der Waals surface area contributed by atoms with Crippen molar-refractivity contribution in [2.24, 2.45) is 5.10 Å². The summed E-state index contributed by atoms with van der Waals surface area (Å²) in [6, 6.07) is 14.1. The van der Waals surface area contributed by atoms with Crippen LogP contribution >= 0.6 is 11.6 Å². The molecule has 0 heterocycles. The van der Waals surface area contributed by atoms with E-state index in [9.17, 15) is 4.79 Å². The number of hydrogen-bond acceptors (Lipinski definition) is 4. The van der Waals surface area contributed by atoms with Crippen molar-refractivity contribution in [3.63, 3.8) is 0 Å². The minimum atomic E-state index is -0.427. The number of carbonyl (C=O) groups is 1. The SMILES string of the molecule is COc1ccc(/C=N\NC(=O)[C@H](C)Nc2ccc(Cl)cc2)cc1. The van der Waals surface area contributed by atoms with Crippen LogP contribution in [0.5, 0.6) is 5.75 Å². The van der Waals surface area contributed by atoms with Crippen molar-refractivity contribution in [2.45, 2.75) is 13.0 Å². The zero-order valence-electron chi connectivity index (χ0n) is 12.9. The predicted octanol–water partition coefficient (Wildman–Crippen LogP) is 3.30. The largest absolute Gasteiger partial charge is 0.497 e. The van der Waals surface area contributed by atoms with Gasteiger partial charge in [-0.3, -0.25) is 4.79 Å². The summed E-state index contributed by atoms with van der Waals surface area (Å²) in [5.41, 5.74) is 4.18. The molecule has 0 fully saturated rings. The number of methoxy groups -OCH3 is 1. The van der Waals surface area contributed by atoms with E-state index in [1.54, 1.807) is 32.4 Å². The van der Waals surface area contributed by atoms with Gasteiger partial charge in [-0.05, 0) is 61.0 Å². The third-order valence-corrected chi connectivity index (χ3v) is 3.38. The van der Waals surface area contributed by atoms with Gasteiger partial charge in [0.05, 0.1) is 13.3 Å². The Hall–Kier alpha value is -2.53. The van der Waals surface area contributed by atoms with Crippen molar-refractivity contribution >= 4 is 29.4 Å². The Morgan fingerprint density at radius 2 is 1.83 bits per heavy atom. The first kappa shape index (κ1) is 16.8. The van der Waals surface area contributed by atoms with Gasteiger partial charge in [-0.15, -0.1) is 0 Å². The van der Waals surface area contributed by atoms with E-state index in [2.05, 4.69) is 15.8 Å². The second-order valence-corrected chi connectivity index (χ2v) is 5.32. The van der Waals surface area contributed by atoms with Gasteiger partial charge < -0.3 is 10.1 Å². The highest BCUT2D eigenvalue weighted by atomic mass is 35.5. The van der Waals surface area contributed by atoms with E-state index in [1.165, 1.54) is 0 Å². The fourth-order valence-electron chi connectivity index (χ4n) is 1.82. The van der Waals surface area contributed by atoms with Crippen LogP contribution in [-0.4, -0.2) is 25.3 Å². The number of benzene rings is 2. The van der Waals surface area contributed by atoms with Crippen molar-refractivity contribution in [3.8, 4) is 5.75 Å². The predicted molar refractivity (Wildman–Crippen MR) is 93.3 cm³/mol. The van der Waals surface area contributed by atoms with E-state index in [4.69, 9.17) is 16.3 Å². The van der Waals surface area contributed by atoms with Gasteiger partial charge in [0.15, 0.2) is 0 Å². The van der Waals surface area contributed by atoms with Crippen LogP contribution in [0.2, 0.25) is 5.02 Å². The number of ether oxygens (including phenoxy) is 1. The molecular formula is C17H18ClN3O2. The second-order valence-electron chi connectivity index (χ2n) is 4.88. The first-order valence-electron chi connectivity index (χ1n) is 7.07. The third kappa shape index (κ3) is 5.30. The first-order chi connectivity index (χ1) is 11.1. The molecule has 0 aliphatic carbocycles. The zero-order valence-corrected chi connectivity index (χ0v) is 13.7. The monoisotopic (exact) mass is 331 g/mol. The number of hydrogen-bond donors (Lipinski definition) is 2. The molecule has 0 radical (unpaired) electrons. The van der Waals surface area contributed by atoms with E-state index in [1.807, 2.05) is 36.4 Å². The number of anilines is 1. The Morgan fingerprint density at radius 3 is 2.43 bits per heavy atom. The molecule has 1 atom stereocenters. The van der Waals surface area contributed by atoms with Crippen molar-refractivity contribution < 1.29 is 9.53 Å². The zero-order chi connectivity index (χ0) is 16.7. The Balaban J connectivity index is 1.85. The Morgan fingerprint density at radius 1 is 1.17 bits per heavy atom. The highest BCUT2D eigenvalue weighted by molar-refractivity contribution is 6.30. The van der Waals surface area contributed by atoms with Crippen LogP contribution in [0.1, 0.15) is 12.5 Å². The number of carbonyl (C=O) groups excluding carboxylic acids is 1. The lowest BCUT2D eigenvalue weighted by molar-refractivity contribution is -0.121. The summed E-state index contributed by atoms with van der Waals surface area (Å²) in [5.74, 6) is 0.539. The van der Waals surface area contributed by atoms with Crippen LogP contribution < -0.4 is 15.5 Å². The third-order valence-electron chi connectivity index (χ3n) is 3.12. The smallest absolute Gasteiger partial charge is 0.262 e. The molecule has 0 spiro atoms. The Bertz CT molecular complexity index is 669. The lowest BCUT2D eigenvalue weighted by atomic mass is 10.2. The van der Waals surface area contributed by atoms with E-state index < -0.39 is 6.04 Å². The van der Waals surface area contributed by atoms with Crippen molar-refractivity contribution in [2.75, 3.05) is 12.4 Å². The standard InChI is InChI=1S/C17H18ClN3O2/c1-12(20-15-7-5-14(18)6-8-15)17(22)21-19-11-13-3-9-16(23-2)10-4-13/h3-12,20H,1-2H3,(H,21,22)/b19-11-/t12-/m0/s1. The van der Waals surface area contributed by atoms with Crippen LogP contribution in [0.15, 0.2) is 53.6 Å². The Labute approximate surface area is 140 Å². The fourth-order valence-corrected chi connectivity index (χ4v) is 1.94. The molecule has 5 nitrogen and oxygen atoms in total. The average Bonchev–Trinajstić information content (AvgIpc) is 2.57. The highest BCUT2D eigenvalue weighted by Gasteiger charge is 2.11. The number of halogens is 1. The summed E-state index contributed by atoms with van der Waals surface area (Å²) >= 11 is 5.82. The number of rotatable bonds is 6. The van der Waals surface area contributed by atoms with Gasteiger partial charge in [0.1, 0.15) is 11.8 Å². The normalized spacial score (nSPS) is 12.0. The van der Waals surface area contributed by atoms with Gasteiger partial charge in [0.2, 0.25) is 0 Å². The first-order valence-corrected chi connectivity index (χ1v) is 7.45. The second kappa shape index (κ2) is 8.19. The van der Waals surface area contributed by atoms with Crippen LogP contribution in [0.25, 0.3) is 0 Å². The average molecular weight is 332 g/mol. The summed E-state index contributed by atoms with van der Waals surface area (Å²) in [6.45, 7) is 1.76. The molecule has 2 N–H and O–H groups in total. The Kier molecular flexibility index (Phi) is 6.00. The number of nitrogens with zero attached hydrogens (tertiary/aromatic N) is 1. The summed E-state index contributed by atoms with van der Waals surface area (Å²) in [5, 5.41) is 7.67. The van der Waals surface area contributed by atoms with Crippen LogP contribution in [0.3, 0.4) is 0 Å². The maximum atomic E-state index is 12.0. The molecule has 0 unspecified atom stereocenters. The molecule has 120 valence electrons. The van der Waals surface area contributed by atoms with Crippen LogP contribution in [-0.2, 0) is 4.79 Å². The maximum Gasteiger partial charge on any atom is 0.262 e. The number of amides is 1. The molecule has 2 aromatic carbocycles. The molecule has 0 saturated heterocycles. The number of hydrazone groups is 1. The molecule has 0 aliphatic rings. The van der Waals surface area contributed by atoms with E-state index in [0.29, 0.717) is 5.02 Å². The molecule has 23 heavy (non-hydrogen) atoms. The molecule has 6 heteroatoms. The molecule has 1 amide bonds. The summed E-state index contributed by atoms with van der Waals surface area (Å²) < 4.78 is 5.08. The lowest BCUT2D eigenvalue weighted by Gasteiger charge is -2.13. The summed E-state index contributed by atoms with van der Waals surface area (Å²) in [4.78, 5) is 12.0. The van der Waals surface area contributed by atoms with E-state index >= 15 is 0 Å². The fraction of sp³-hybridized carbons (Fsp3) is 0.176. The van der Waals surface area contributed by atoms with Crippen LogP contribution in [0, 0.1) is 0 Å². The summed E-state index contributed by atoms with van der Waals surface area (Å²) in [6.07, 6.45) is 1.58. The quantitative estimate of drug-likeness (QED) is 0.630. The van der Waals surface area contributed by atoms with Crippen molar-refractivity contribution in [3.05, 3.63) is 59.1 Å². The van der Waals surface area contributed by atoms with E-state index in [0.717, 1.165) is 17.0 Å². The van der Waals surface area contributed by atoms with Gasteiger partial charge in [0, 0.05) is 10.7 Å². The van der Waals surface area contributed by atoms with Gasteiger partial charge in [-0.1, -0.05) is 11.6 Å². The van der Waals surface area contributed by atoms with Gasteiger partial charge in [0.25, 0.3) is 5.91 Å². The highest BCUT2D eigenvalue weighted by Crippen LogP contribution is 2.14. The van der Waals surface area contributed by atoms with Crippen LogP contribution in [0.4, 0.5) is 5.69 Å². The maximum absolute atomic E-state index is 12.0. The molecular weight excluding hydrogens is 314 g/mol. The van der Waals surface area contributed by atoms with Gasteiger partial charge in [-0.2, -0.15) is 5.10 Å². The molecule has 0 aromatic heterocycles. The lowest BCUT2D eigenvalue weighted by Crippen LogP contribution is -2.34. The van der Waals surface area contributed by atoms with Crippen molar-refractivity contribution in [1.29, 1.82) is 0 Å². The molecule has 0 bridgehead atoms. The summed E-state index contributed by atoms with van der Waals surface area (Å²) in [7, 11) is 1.61. The minimum absolute atomic E-state index is 0.232. The van der Waals surface area contributed by atoms with E-state index in [-0.39, 0.29) is 5.91 Å². The molecule has 0 saturated carbocycles.